The molecular weight excluding hydrogens is 464 g/mol. The molecule has 3 aromatic rings. The van der Waals surface area contributed by atoms with Crippen LogP contribution in [0.5, 0.6) is 0 Å². The predicted octanol–water partition coefficient (Wildman–Crippen LogP) is 4.11. The number of hydrogen-bond acceptors (Lipinski definition) is 7. The molecule has 1 saturated heterocycles. The Labute approximate surface area is 206 Å². The number of nitrogens with one attached hydrogen (secondary N) is 2. The van der Waals surface area contributed by atoms with Crippen molar-refractivity contribution >= 4 is 33.3 Å². The third-order valence-electron chi connectivity index (χ3n) is 5.97. The first kappa shape index (κ1) is 24.8. The molecule has 35 heavy (non-hydrogen) atoms. The molecule has 2 N–H and O–H groups in total. The SMILES string of the molecule is CCN(N1CCCC1)S(=O)(=O)c1ccc(Nc2ncc(NC(=O)c3c(C)cccc3C)cn2)cc1. The normalized spacial score (nSPS) is 14.3. The first-order valence-electron chi connectivity index (χ1n) is 11.6. The van der Waals surface area contributed by atoms with Crippen molar-refractivity contribution < 1.29 is 13.2 Å². The summed E-state index contributed by atoms with van der Waals surface area (Å²) in [6.45, 7) is 7.54. The van der Waals surface area contributed by atoms with Crippen molar-refractivity contribution in [2.24, 2.45) is 0 Å². The summed E-state index contributed by atoms with van der Waals surface area (Å²) < 4.78 is 27.6. The maximum atomic E-state index is 13.1. The lowest BCUT2D eigenvalue weighted by atomic mass is 10.0. The topological polar surface area (TPSA) is 108 Å². The van der Waals surface area contributed by atoms with E-state index in [0.717, 1.165) is 37.1 Å². The molecule has 0 aliphatic carbocycles. The molecule has 0 radical (unpaired) electrons. The van der Waals surface area contributed by atoms with Crippen LogP contribution in [0.4, 0.5) is 17.3 Å². The van der Waals surface area contributed by atoms with Crippen LogP contribution in [-0.4, -0.2) is 53.4 Å². The monoisotopic (exact) mass is 494 g/mol. The Hall–Kier alpha value is -3.34. The standard InChI is InChI=1S/C25H30N6O3S/c1-4-31(30-14-5-6-15-30)35(33,34)22-12-10-20(11-13-22)29-25-26-16-21(17-27-25)28-24(32)23-18(2)8-7-9-19(23)3/h7-13,16-17H,4-6,14-15H2,1-3H3,(H,28,32)(H,26,27,29). The van der Waals surface area contributed by atoms with Crippen molar-refractivity contribution in [1.82, 2.24) is 19.4 Å². The van der Waals surface area contributed by atoms with E-state index < -0.39 is 10.0 Å². The molecule has 1 aliphatic heterocycles. The van der Waals surface area contributed by atoms with Crippen LogP contribution >= 0.6 is 0 Å². The molecule has 1 amide bonds. The summed E-state index contributed by atoms with van der Waals surface area (Å²) in [7, 11) is -3.61. The van der Waals surface area contributed by atoms with Crippen molar-refractivity contribution in [2.75, 3.05) is 30.3 Å². The van der Waals surface area contributed by atoms with E-state index >= 15 is 0 Å². The molecule has 4 rings (SSSR count). The molecule has 1 aromatic heterocycles. The summed E-state index contributed by atoms with van der Waals surface area (Å²) in [4.78, 5) is 21.4. The van der Waals surface area contributed by atoms with E-state index in [2.05, 4.69) is 20.6 Å². The van der Waals surface area contributed by atoms with Gasteiger partial charge in [0.25, 0.3) is 15.9 Å². The van der Waals surface area contributed by atoms with Gasteiger partial charge in [0.15, 0.2) is 0 Å². The van der Waals surface area contributed by atoms with E-state index in [0.29, 0.717) is 29.4 Å². The molecule has 1 aliphatic rings. The van der Waals surface area contributed by atoms with Gasteiger partial charge in [-0.25, -0.2) is 23.4 Å². The molecule has 2 heterocycles. The average Bonchev–Trinajstić information content (AvgIpc) is 3.35. The Morgan fingerprint density at radius 1 is 0.971 bits per heavy atom. The maximum absolute atomic E-state index is 13.1. The van der Waals surface area contributed by atoms with E-state index in [1.165, 1.54) is 16.8 Å². The van der Waals surface area contributed by atoms with Crippen molar-refractivity contribution in [3.05, 3.63) is 71.5 Å². The second-order valence-electron chi connectivity index (χ2n) is 8.47. The van der Waals surface area contributed by atoms with Crippen LogP contribution in [-0.2, 0) is 10.0 Å². The molecule has 0 bridgehead atoms. The molecule has 10 heteroatoms. The predicted molar refractivity (Wildman–Crippen MR) is 136 cm³/mol. The first-order valence-corrected chi connectivity index (χ1v) is 13.1. The highest BCUT2D eigenvalue weighted by Crippen LogP contribution is 2.23. The van der Waals surface area contributed by atoms with Gasteiger partial charge in [0.2, 0.25) is 5.95 Å². The van der Waals surface area contributed by atoms with E-state index in [9.17, 15) is 13.2 Å². The van der Waals surface area contributed by atoms with Crippen LogP contribution in [0.15, 0.2) is 59.8 Å². The number of amides is 1. The van der Waals surface area contributed by atoms with E-state index in [1.807, 2.05) is 44.0 Å². The number of carbonyl (C=O) groups excluding carboxylic acids is 1. The Morgan fingerprint density at radius 2 is 1.57 bits per heavy atom. The van der Waals surface area contributed by atoms with Crippen molar-refractivity contribution in [1.29, 1.82) is 0 Å². The molecular formula is C25H30N6O3S. The summed E-state index contributed by atoms with van der Waals surface area (Å²) in [5.74, 6) is 0.120. The average molecular weight is 495 g/mol. The molecule has 2 aromatic carbocycles. The largest absolute Gasteiger partial charge is 0.324 e. The second-order valence-corrected chi connectivity index (χ2v) is 10.3. The van der Waals surface area contributed by atoms with Gasteiger partial charge in [-0.15, -0.1) is 4.41 Å². The quantitative estimate of drug-likeness (QED) is 0.485. The zero-order valence-electron chi connectivity index (χ0n) is 20.2. The summed E-state index contributed by atoms with van der Waals surface area (Å²) in [6.07, 6.45) is 5.05. The van der Waals surface area contributed by atoms with E-state index in [4.69, 9.17) is 0 Å². The van der Waals surface area contributed by atoms with Crippen LogP contribution in [0.2, 0.25) is 0 Å². The van der Waals surface area contributed by atoms with Gasteiger partial charge < -0.3 is 10.6 Å². The summed E-state index contributed by atoms with van der Waals surface area (Å²) in [5, 5.41) is 7.78. The number of hydrazine groups is 1. The Bertz CT molecular complexity index is 1270. The number of aromatic nitrogens is 2. The molecule has 0 saturated carbocycles. The number of hydrogen-bond donors (Lipinski definition) is 2. The summed E-state index contributed by atoms with van der Waals surface area (Å²) in [5.41, 5.74) is 3.56. The Morgan fingerprint density at radius 3 is 2.14 bits per heavy atom. The highest BCUT2D eigenvalue weighted by Gasteiger charge is 2.30. The van der Waals surface area contributed by atoms with Crippen molar-refractivity contribution in [2.45, 2.75) is 38.5 Å². The van der Waals surface area contributed by atoms with Crippen LogP contribution in [0.25, 0.3) is 0 Å². The van der Waals surface area contributed by atoms with Crippen molar-refractivity contribution in [3.8, 4) is 0 Å². The minimum Gasteiger partial charge on any atom is -0.324 e. The van der Waals surface area contributed by atoms with Crippen LogP contribution in [0.1, 0.15) is 41.3 Å². The first-order chi connectivity index (χ1) is 16.8. The highest BCUT2D eigenvalue weighted by atomic mass is 32.2. The van der Waals surface area contributed by atoms with Gasteiger partial charge in [-0.2, -0.15) is 0 Å². The molecule has 0 unspecified atom stereocenters. The van der Waals surface area contributed by atoms with Crippen molar-refractivity contribution in [3.63, 3.8) is 0 Å². The number of rotatable bonds is 8. The fourth-order valence-corrected chi connectivity index (χ4v) is 5.76. The number of anilines is 3. The Balaban J connectivity index is 1.41. The molecule has 1 fully saturated rings. The molecule has 9 nitrogen and oxygen atoms in total. The summed E-state index contributed by atoms with van der Waals surface area (Å²) >= 11 is 0. The Kier molecular flexibility index (Phi) is 7.44. The lowest BCUT2D eigenvalue weighted by molar-refractivity contribution is 0.0952. The fraction of sp³-hybridized carbons (Fsp3) is 0.320. The zero-order chi connectivity index (χ0) is 25.0. The maximum Gasteiger partial charge on any atom is 0.256 e. The van der Waals surface area contributed by atoms with Gasteiger partial charge in [-0.1, -0.05) is 18.2 Å². The lowest BCUT2D eigenvalue weighted by Gasteiger charge is -2.29. The van der Waals surface area contributed by atoms with Gasteiger partial charge in [0, 0.05) is 30.9 Å². The minimum atomic E-state index is -3.61. The zero-order valence-corrected chi connectivity index (χ0v) is 21.0. The molecule has 0 atom stereocenters. The lowest BCUT2D eigenvalue weighted by Crippen LogP contribution is -2.44. The van der Waals surface area contributed by atoms with Gasteiger partial charge in [0.05, 0.1) is 23.0 Å². The second kappa shape index (κ2) is 10.5. The third kappa shape index (κ3) is 5.50. The van der Waals surface area contributed by atoms with Crippen LogP contribution in [0.3, 0.4) is 0 Å². The highest BCUT2D eigenvalue weighted by molar-refractivity contribution is 7.89. The van der Waals surface area contributed by atoms with Gasteiger partial charge in [-0.05, 0) is 69.0 Å². The molecule has 0 spiro atoms. The van der Waals surface area contributed by atoms with Crippen LogP contribution in [0, 0.1) is 13.8 Å². The third-order valence-corrected chi connectivity index (χ3v) is 7.88. The summed E-state index contributed by atoms with van der Waals surface area (Å²) in [6, 6.07) is 12.2. The smallest absolute Gasteiger partial charge is 0.256 e. The van der Waals surface area contributed by atoms with Gasteiger partial charge in [0.1, 0.15) is 0 Å². The number of nitrogens with zero attached hydrogens (tertiary/aromatic N) is 4. The fourth-order valence-electron chi connectivity index (χ4n) is 4.23. The number of benzene rings is 2. The van der Waals surface area contributed by atoms with E-state index in [-0.39, 0.29) is 10.8 Å². The minimum absolute atomic E-state index is 0.211. The van der Waals surface area contributed by atoms with Gasteiger partial charge >= 0.3 is 0 Å². The number of aryl methyl sites for hydroxylation is 2. The van der Waals surface area contributed by atoms with Gasteiger partial charge in [-0.3, -0.25) is 4.79 Å². The number of sulfonamides is 1. The number of carbonyl (C=O) groups is 1. The van der Waals surface area contributed by atoms with E-state index in [1.54, 1.807) is 24.3 Å². The van der Waals surface area contributed by atoms with Crippen LogP contribution < -0.4 is 10.6 Å². The molecule has 184 valence electrons.